The van der Waals surface area contributed by atoms with E-state index in [0.29, 0.717) is 17.2 Å². The maximum Gasteiger partial charge on any atom is 0.233 e. The number of thioether (sulfide) groups is 1. The molecule has 0 N–H and O–H groups in total. The number of pyridine rings is 1. The Morgan fingerprint density at radius 1 is 1.36 bits per heavy atom. The number of hydrogen-bond donors (Lipinski definition) is 0. The highest BCUT2D eigenvalue weighted by Gasteiger charge is 2.34. The number of carbonyl (C=O) groups is 1. The van der Waals surface area contributed by atoms with Gasteiger partial charge in [0.25, 0.3) is 0 Å². The third kappa shape index (κ3) is 3.76. The van der Waals surface area contributed by atoms with Crippen LogP contribution in [0.15, 0.2) is 49.3 Å². The van der Waals surface area contributed by atoms with Crippen LogP contribution in [-0.4, -0.2) is 28.1 Å². The highest BCUT2D eigenvalue weighted by atomic mass is 32.2. The Morgan fingerprint density at radius 2 is 2.08 bits per heavy atom. The number of rotatable bonds is 5. The van der Waals surface area contributed by atoms with Crippen LogP contribution < -0.4 is 0 Å². The van der Waals surface area contributed by atoms with Crippen molar-refractivity contribution < 1.29 is 9.18 Å². The van der Waals surface area contributed by atoms with Crippen LogP contribution in [0, 0.1) is 5.92 Å². The molecule has 130 valence electrons. The van der Waals surface area contributed by atoms with Gasteiger partial charge in [0.1, 0.15) is 11.2 Å². The molecule has 5 heteroatoms. The molecule has 1 fully saturated rings. The van der Waals surface area contributed by atoms with Crippen molar-refractivity contribution in [3.05, 3.63) is 60.4 Å². The van der Waals surface area contributed by atoms with Gasteiger partial charge in [-0.2, -0.15) is 0 Å². The van der Waals surface area contributed by atoms with Crippen LogP contribution in [-0.2, 0) is 4.79 Å². The lowest BCUT2D eigenvalue weighted by molar-refractivity contribution is -0.128. The summed E-state index contributed by atoms with van der Waals surface area (Å²) < 4.78 is 13.3. The summed E-state index contributed by atoms with van der Waals surface area (Å²) in [6.07, 6.45) is 3.58. The molecule has 25 heavy (non-hydrogen) atoms. The fourth-order valence-corrected chi connectivity index (χ4v) is 4.22. The van der Waals surface area contributed by atoms with Crippen LogP contribution in [0.3, 0.4) is 0 Å². The molecule has 1 saturated heterocycles. The Kier molecular flexibility index (Phi) is 5.23. The van der Waals surface area contributed by atoms with Gasteiger partial charge in [-0.15, -0.1) is 11.8 Å². The highest BCUT2D eigenvalue weighted by molar-refractivity contribution is 8.00. The molecule has 0 bridgehead atoms. The molecule has 0 spiro atoms. The molecule has 1 aromatic carbocycles. The molecule has 1 atom stereocenters. The summed E-state index contributed by atoms with van der Waals surface area (Å²) >= 11 is 1.63. The topological polar surface area (TPSA) is 33.2 Å². The van der Waals surface area contributed by atoms with E-state index in [1.165, 1.54) is 0 Å². The molecule has 1 aliphatic rings. The predicted molar refractivity (Wildman–Crippen MR) is 102 cm³/mol. The number of nitrogens with zero attached hydrogens (tertiary/aromatic N) is 2. The van der Waals surface area contributed by atoms with Gasteiger partial charge in [-0.05, 0) is 23.1 Å². The van der Waals surface area contributed by atoms with E-state index in [2.05, 4.69) is 25.4 Å². The van der Waals surface area contributed by atoms with Gasteiger partial charge in [0, 0.05) is 30.1 Å². The second kappa shape index (κ2) is 7.40. The molecule has 1 unspecified atom stereocenters. The van der Waals surface area contributed by atoms with Gasteiger partial charge in [-0.1, -0.05) is 44.7 Å². The van der Waals surface area contributed by atoms with Gasteiger partial charge >= 0.3 is 0 Å². The van der Waals surface area contributed by atoms with Crippen LogP contribution in [0.5, 0.6) is 0 Å². The fourth-order valence-electron chi connectivity index (χ4n) is 3.00. The lowest BCUT2D eigenvalue weighted by atomic mass is 9.99. The summed E-state index contributed by atoms with van der Waals surface area (Å²) in [6, 6.07) is 9.16. The van der Waals surface area contributed by atoms with Crippen LogP contribution in [0.1, 0.15) is 30.3 Å². The minimum Gasteiger partial charge on any atom is -0.325 e. The van der Waals surface area contributed by atoms with Crippen molar-refractivity contribution in [2.45, 2.75) is 19.2 Å². The molecule has 2 aromatic rings. The number of halogens is 1. The first-order valence-corrected chi connectivity index (χ1v) is 9.32. The van der Waals surface area contributed by atoms with E-state index in [4.69, 9.17) is 0 Å². The lowest BCUT2D eigenvalue weighted by Crippen LogP contribution is -2.31. The summed E-state index contributed by atoms with van der Waals surface area (Å²) in [5.41, 5.74) is 3.50. The molecule has 0 saturated carbocycles. The van der Waals surface area contributed by atoms with Crippen LogP contribution in [0.25, 0.3) is 17.0 Å². The maximum absolute atomic E-state index is 13.3. The smallest absolute Gasteiger partial charge is 0.233 e. The second-order valence-electron chi connectivity index (χ2n) is 6.55. The van der Waals surface area contributed by atoms with Crippen LogP contribution >= 0.6 is 11.8 Å². The van der Waals surface area contributed by atoms with Gasteiger partial charge in [-0.3, -0.25) is 9.78 Å². The monoisotopic (exact) mass is 356 g/mol. The van der Waals surface area contributed by atoms with Crippen molar-refractivity contribution in [2.75, 3.05) is 12.3 Å². The van der Waals surface area contributed by atoms with Gasteiger partial charge in [0.05, 0.1) is 5.75 Å². The zero-order valence-electron chi connectivity index (χ0n) is 14.4. The highest BCUT2D eigenvalue weighted by Crippen LogP contribution is 2.42. The summed E-state index contributed by atoms with van der Waals surface area (Å²) in [5.74, 6) is 0.621. The molecule has 0 aliphatic carbocycles. The molecule has 3 nitrogen and oxygen atoms in total. The minimum absolute atomic E-state index is 0.0329. The van der Waals surface area contributed by atoms with E-state index in [0.717, 1.165) is 23.2 Å². The van der Waals surface area contributed by atoms with Crippen LogP contribution in [0.4, 0.5) is 4.39 Å². The first-order chi connectivity index (χ1) is 12.0. The Balaban J connectivity index is 1.98. The number of amides is 1. The normalized spacial score (nSPS) is 17.4. The van der Waals surface area contributed by atoms with E-state index in [-0.39, 0.29) is 11.3 Å². The van der Waals surface area contributed by atoms with E-state index in [9.17, 15) is 9.18 Å². The number of carbonyl (C=O) groups excluding carboxylic acids is 1. The zero-order valence-corrected chi connectivity index (χ0v) is 15.2. The largest absolute Gasteiger partial charge is 0.325 e. The van der Waals surface area contributed by atoms with Crippen LogP contribution in [0.2, 0.25) is 0 Å². The lowest BCUT2D eigenvalue weighted by Gasteiger charge is -2.27. The Bertz CT molecular complexity index is 789. The van der Waals surface area contributed by atoms with E-state index in [1.54, 1.807) is 30.1 Å². The number of aromatic nitrogens is 1. The Labute approximate surface area is 152 Å². The standard InChI is InChI=1S/C20H21FN2OS/c1-13(2)11-23-19(24)12-25-20(23)18-10-22-9-8-17(18)16-6-4-15(5-7-16)14(3)21/h4-10,13,20H,3,11-12H2,1-2H3. The first-order valence-electron chi connectivity index (χ1n) is 8.27. The molecule has 3 rings (SSSR count). The summed E-state index contributed by atoms with van der Waals surface area (Å²) in [7, 11) is 0. The molecule has 1 aliphatic heterocycles. The van der Waals surface area contributed by atoms with Crippen molar-refractivity contribution in [1.82, 2.24) is 9.88 Å². The van der Waals surface area contributed by atoms with Crippen molar-refractivity contribution >= 4 is 23.5 Å². The summed E-state index contributed by atoms with van der Waals surface area (Å²) in [5, 5.41) is -0.0329. The quantitative estimate of drug-likeness (QED) is 0.762. The van der Waals surface area contributed by atoms with E-state index >= 15 is 0 Å². The fraction of sp³-hybridized carbons (Fsp3) is 0.300. The average Bonchev–Trinajstić information content (AvgIpc) is 2.95. The number of hydrogen-bond acceptors (Lipinski definition) is 3. The van der Waals surface area contributed by atoms with E-state index < -0.39 is 5.83 Å². The molecular formula is C20H21FN2OS. The second-order valence-corrected chi connectivity index (χ2v) is 7.62. The van der Waals surface area contributed by atoms with Crippen molar-refractivity contribution in [2.24, 2.45) is 5.92 Å². The summed E-state index contributed by atoms with van der Waals surface area (Å²) in [4.78, 5) is 18.5. The molecule has 1 amide bonds. The average molecular weight is 356 g/mol. The Morgan fingerprint density at radius 3 is 2.72 bits per heavy atom. The van der Waals surface area contributed by atoms with Gasteiger partial charge in [0.2, 0.25) is 5.91 Å². The molecular weight excluding hydrogens is 335 g/mol. The SMILES string of the molecule is C=C(F)c1ccc(-c2ccncc2C2SCC(=O)N2CC(C)C)cc1. The summed E-state index contributed by atoms with van der Waals surface area (Å²) in [6.45, 7) is 8.28. The first kappa shape index (κ1) is 17.7. The van der Waals surface area contributed by atoms with E-state index in [1.807, 2.05) is 29.3 Å². The van der Waals surface area contributed by atoms with Gasteiger partial charge in [-0.25, -0.2) is 4.39 Å². The molecule has 0 radical (unpaired) electrons. The Hall–Kier alpha value is -2.14. The zero-order chi connectivity index (χ0) is 18.0. The predicted octanol–water partition coefficient (Wildman–Crippen LogP) is 4.92. The van der Waals surface area contributed by atoms with Crippen molar-refractivity contribution in [3.8, 4) is 11.1 Å². The molecule has 2 heterocycles. The van der Waals surface area contributed by atoms with Gasteiger partial charge < -0.3 is 4.90 Å². The van der Waals surface area contributed by atoms with Gasteiger partial charge in [0.15, 0.2) is 0 Å². The van der Waals surface area contributed by atoms with Crippen molar-refractivity contribution in [3.63, 3.8) is 0 Å². The third-order valence-electron chi connectivity index (χ3n) is 4.16. The number of benzene rings is 1. The maximum atomic E-state index is 13.3. The third-order valence-corrected chi connectivity index (χ3v) is 5.39. The van der Waals surface area contributed by atoms with Crippen molar-refractivity contribution in [1.29, 1.82) is 0 Å². The minimum atomic E-state index is -0.443. The molecule has 1 aromatic heterocycles.